The molecule has 0 saturated carbocycles. The molecule has 0 radical (unpaired) electrons. The average molecular weight is 296 g/mol. The van der Waals surface area contributed by atoms with Gasteiger partial charge >= 0.3 is 17.6 Å². The summed E-state index contributed by atoms with van der Waals surface area (Å²) in [4.78, 5) is 37.4. The van der Waals surface area contributed by atoms with Crippen LogP contribution < -0.4 is 10.4 Å². The van der Waals surface area contributed by atoms with Crippen molar-refractivity contribution in [3.63, 3.8) is 0 Å². The van der Waals surface area contributed by atoms with Crippen molar-refractivity contribution in [1.29, 1.82) is 0 Å². The summed E-state index contributed by atoms with van der Waals surface area (Å²) >= 11 is 0. The van der Waals surface area contributed by atoms with Crippen molar-refractivity contribution in [3.05, 3.63) is 22.7 Å². The number of hydrogen-bond donors (Lipinski definition) is 0. The van der Waals surface area contributed by atoms with Crippen molar-refractivity contribution >= 4 is 11.9 Å². The van der Waals surface area contributed by atoms with Gasteiger partial charge in [-0.1, -0.05) is 0 Å². The highest BCUT2D eigenvalue weighted by Crippen LogP contribution is 2.29. The van der Waals surface area contributed by atoms with Gasteiger partial charge in [0, 0.05) is 32.5 Å². The number of aromatic nitrogens is 2. The first-order valence-electron chi connectivity index (χ1n) is 6.47. The van der Waals surface area contributed by atoms with Gasteiger partial charge in [-0.3, -0.25) is 14.2 Å². The normalized spacial score (nSPS) is 24.6. The molecule has 21 heavy (non-hydrogen) atoms. The Labute approximate surface area is 120 Å². The van der Waals surface area contributed by atoms with E-state index in [9.17, 15) is 14.4 Å². The second-order valence-corrected chi connectivity index (χ2v) is 4.73. The van der Waals surface area contributed by atoms with E-state index < -0.39 is 30.0 Å². The van der Waals surface area contributed by atoms with Crippen LogP contribution in [0.5, 0.6) is 5.88 Å². The highest BCUT2D eigenvalue weighted by atomic mass is 16.6. The molecular weight excluding hydrogens is 280 g/mol. The van der Waals surface area contributed by atoms with Crippen molar-refractivity contribution in [2.75, 3.05) is 0 Å². The minimum atomic E-state index is -0.602. The number of esters is 2. The Morgan fingerprint density at radius 1 is 1.38 bits per heavy atom. The molecule has 1 aliphatic heterocycles. The summed E-state index contributed by atoms with van der Waals surface area (Å²) in [7, 11) is 0. The van der Waals surface area contributed by atoms with Crippen LogP contribution in [0.3, 0.4) is 0 Å². The molecule has 0 aliphatic carbocycles. The molecule has 1 aliphatic rings. The maximum Gasteiger partial charge on any atom is 0.352 e. The number of carbonyl (C=O) groups is 2. The summed E-state index contributed by atoms with van der Waals surface area (Å²) in [6, 6.07) is 1.40. The SMILES string of the molecule is CC(=O)Oc1ccn([C@H]2CC(OC(C)=O)[C@@H](C)O2)c(=O)n1. The Morgan fingerprint density at radius 2 is 2.10 bits per heavy atom. The maximum absolute atomic E-state index is 11.9. The van der Waals surface area contributed by atoms with Gasteiger partial charge in [0.25, 0.3) is 0 Å². The van der Waals surface area contributed by atoms with E-state index in [1.807, 2.05) is 0 Å². The van der Waals surface area contributed by atoms with E-state index in [-0.39, 0.29) is 12.0 Å². The highest BCUT2D eigenvalue weighted by molar-refractivity contribution is 5.68. The summed E-state index contributed by atoms with van der Waals surface area (Å²) < 4.78 is 16.7. The summed E-state index contributed by atoms with van der Waals surface area (Å²) in [6.07, 6.45) is 0.485. The molecule has 0 aromatic carbocycles. The first kappa shape index (κ1) is 15.2. The van der Waals surface area contributed by atoms with Gasteiger partial charge in [-0.2, -0.15) is 4.98 Å². The third-order valence-corrected chi connectivity index (χ3v) is 3.01. The molecule has 1 fully saturated rings. The second kappa shape index (κ2) is 6.04. The second-order valence-electron chi connectivity index (χ2n) is 4.73. The first-order chi connectivity index (χ1) is 9.86. The summed E-state index contributed by atoms with van der Waals surface area (Å²) in [5.74, 6) is -1.02. The minimum Gasteiger partial charge on any atom is -0.460 e. The van der Waals surface area contributed by atoms with Gasteiger partial charge in [0.1, 0.15) is 12.3 Å². The van der Waals surface area contributed by atoms with Crippen molar-refractivity contribution in [1.82, 2.24) is 9.55 Å². The fourth-order valence-corrected chi connectivity index (χ4v) is 2.14. The standard InChI is InChI=1S/C13H16N2O6/c1-7-10(20-8(2)16)6-12(19-7)15-5-4-11(14-13(15)18)21-9(3)17/h4-5,7,10,12H,6H2,1-3H3/t7-,10?,12-/m1/s1. The number of hydrogen-bond acceptors (Lipinski definition) is 7. The molecule has 0 N–H and O–H groups in total. The third-order valence-electron chi connectivity index (χ3n) is 3.01. The fraction of sp³-hybridized carbons (Fsp3) is 0.538. The monoisotopic (exact) mass is 296 g/mol. The highest BCUT2D eigenvalue weighted by Gasteiger charge is 2.36. The number of ether oxygens (including phenoxy) is 3. The number of rotatable bonds is 3. The molecule has 114 valence electrons. The van der Waals surface area contributed by atoms with Crippen molar-refractivity contribution in [2.45, 2.75) is 45.6 Å². The van der Waals surface area contributed by atoms with E-state index in [2.05, 4.69) is 4.98 Å². The summed E-state index contributed by atoms with van der Waals surface area (Å²) in [5.41, 5.74) is -0.602. The molecule has 1 unspecified atom stereocenters. The van der Waals surface area contributed by atoms with Crippen molar-refractivity contribution in [3.8, 4) is 5.88 Å². The van der Waals surface area contributed by atoms with Crippen molar-refractivity contribution < 1.29 is 23.8 Å². The van der Waals surface area contributed by atoms with Crippen LogP contribution in [0.25, 0.3) is 0 Å². The third kappa shape index (κ3) is 3.66. The topological polar surface area (TPSA) is 96.7 Å². The average Bonchev–Trinajstić information content (AvgIpc) is 2.69. The van der Waals surface area contributed by atoms with Gasteiger partial charge in [0.2, 0.25) is 5.88 Å². The molecule has 1 aromatic heterocycles. The van der Waals surface area contributed by atoms with Crippen LogP contribution in [0.4, 0.5) is 0 Å². The van der Waals surface area contributed by atoms with E-state index in [0.717, 1.165) is 0 Å². The lowest BCUT2D eigenvalue weighted by molar-refractivity contribution is -0.148. The van der Waals surface area contributed by atoms with Crippen LogP contribution in [0.2, 0.25) is 0 Å². The van der Waals surface area contributed by atoms with Crippen molar-refractivity contribution in [2.24, 2.45) is 0 Å². The smallest absolute Gasteiger partial charge is 0.352 e. The van der Waals surface area contributed by atoms with E-state index in [1.54, 1.807) is 6.92 Å². The van der Waals surface area contributed by atoms with Crippen LogP contribution in [0, 0.1) is 0 Å². The van der Waals surface area contributed by atoms with Gasteiger partial charge < -0.3 is 14.2 Å². The zero-order chi connectivity index (χ0) is 15.6. The number of nitrogens with zero attached hydrogens (tertiary/aromatic N) is 2. The van der Waals surface area contributed by atoms with Gasteiger partial charge in [-0.15, -0.1) is 0 Å². The zero-order valence-corrected chi connectivity index (χ0v) is 11.9. The van der Waals surface area contributed by atoms with Crippen LogP contribution in [-0.4, -0.2) is 33.7 Å². The predicted molar refractivity (Wildman–Crippen MR) is 69.6 cm³/mol. The van der Waals surface area contributed by atoms with E-state index in [0.29, 0.717) is 6.42 Å². The van der Waals surface area contributed by atoms with Crippen LogP contribution in [-0.2, 0) is 19.1 Å². The van der Waals surface area contributed by atoms with Gasteiger partial charge in [0.05, 0.1) is 6.10 Å². The molecule has 8 nitrogen and oxygen atoms in total. The summed E-state index contributed by atoms with van der Waals surface area (Å²) in [5, 5.41) is 0. The molecule has 2 heterocycles. The molecule has 0 amide bonds. The van der Waals surface area contributed by atoms with Crippen LogP contribution >= 0.6 is 0 Å². The lowest BCUT2D eigenvalue weighted by atomic mass is 10.2. The quantitative estimate of drug-likeness (QED) is 0.745. The van der Waals surface area contributed by atoms with E-state index in [1.165, 1.54) is 30.7 Å². The zero-order valence-electron chi connectivity index (χ0n) is 11.9. The Bertz CT molecular complexity index is 611. The molecule has 2 rings (SSSR count). The Kier molecular flexibility index (Phi) is 4.37. The molecule has 3 atom stereocenters. The summed E-state index contributed by atoms with van der Waals surface area (Å²) in [6.45, 7) is 4.31. The molecule has 1 saturated heterocycles. The van der Waals surface area contributed by atoms with Gasteiger partial charge in [-0.05, 0) is 6.92 Å². The molecular formula is C13H16N2O6. The van der Waals surface area contributed by atoms with Crippen LogP contribution in [0.15, 0.2) is 17.1 Å². The molecule has 8 heteroatoms. The van der Waals surface area contributed by atoms with E-state index >= 15 is 0 Å². The van der Waals surface area contributed by atoms with Crippen LogP contribution in [0.1, 0.15) is 33.4 Å². The van der Waals surface area contributed by atoms with E-state index in [4.69, 9.17) is 14.2 Å². The fourth-order valence-electron chi connectivity index (χ4n) is 2.14. The molecule has 1 aromatic rings. The molecule has 0 bridgehead atoms. The van der Waals surface area contributed by atoms with Gasteiger partial charge in [0.15, 0.2) is 0 Å². The number of carbonyl (C=O) groups excluding carboxylic acids is 2. The maximum atomic E-state index is 11.9. The van der Waals surface area contributed by atoms with Gasteiger partial charge in [-0.25, -0.2) is 4.79 Å². The Morgan fingerprint density at radius 3 is 2.67 bits per heavy atom. The largest absolute Gasteiger partial charge is 0.460 e. The minimum absolute atomic E-state index is 0.0636. The lowest BCUT2D eigenvalue weighted by Crippen LogP contribution is -2.27. The lowest BCUT2D eigenvalue weighted by Gasteiger charge is -2.13. The Hall–Kier alpha value is -2.22. The first-order valence-corrected chi connectivity index (χ1v) is 6.47. The molecule has 0 spiro atoms. The Balaban J connectivity index is 2.14. The predicted octanol–water partition coefficient (Wildman–Crippen LogP) is 0.408.